The molecule has 388 valence electrons. The molecule has 84 heavy (non-hydrogen) atoms. The molecule has 0 aliphatic rings. The van der Waals surface area contributed by atoms with Crippen molar-refractivity contribution in [3.05, 3.63) is 267 Å². The third kappa shape index (κ3) is 6.26. The highest BCUT2D eigenvalue weighted by Gasteiger charge is 2.28. The molecular weight excluding hydrogens is 1040 g/mol. The fraction of sp³-hybridized carbons (Fsp3) is 0. The predicted molar refractivity (Wildman–Crippen MR) is 357 cm³/mol. The molecule has 19 aromatic rings. The average molecular weight is 1090 g/mol. The van der Waals surface area contributed by atoms with Gasteiger partial charge in [-0.3, -0.25) is 9.55 Å². The van der Waals surface area contributed by atoms with Crippen molar-refractivity contribution in [1.82, 2.24) is 14.5 Å². The normalized spacial score (nSPS) is 12.3. The first-order chi connectivity index (χ1) is 41.7. The average Bonchev–Trinajstić information content (AvgIpc) is 2.13. The van der Waals surface area contributed by atoms with Crippen LogP contribution >= 0.6 is 11.3 Å². The summed E-state index contributed by atoms with van der Waals surface area (Å²) < 4.78 is 11.9. The van der Waals surface area contributed by atoms with Crippen molar-refractivity contribution in [2.45, 2.75) is 0 Å². The lowest BCUT2D eigenvalue weighted by molar-refractivity contribution is 0.669. The van der Waals surface area contributed by atoms with E-state index in [1.54, 1.807) is 0 Å². The lowest BCUT2D eigenvalue weighted by Crippen LogP contribution is -2.11. The summed E-state index contributed by atoms with van der Waals surface area (Å²) in [6, 6.07) is 95.4. The minimum atomic E-state index is 0.849. The number of nitrogens with zero attached hydrogens (tertiary/aromatic N) is 4. The Morgan fingerprint density at radius 1 is 0.381 bits per heavy atom. The van der Waals surface area contributed by atoms with E-state index in [2.05, 4.69) is 258 Å². The van der Waals surface area contributed by atoms with E-state index in [0.29, 0.717) is 0 Å². The molecule has 0 aliphatic carbocycles. The molecule has 5 nitrogen and oxygen atoms in total. The molecule has 0 radical (unpaired) electrons. The number of thiophene rings is 1. The molecule has 0 bridgehead atoms. The molecule has 0 amide bonds. The second-order valence-corrected chi connectivity index (χ2v) is 23.2. The number of rotatable bonds is 5. The summed E-state index contributed by atoms with van der Waals surface area (Å²) in [4.78, 5) is 13.0. The van der Waals surface area contributed by atoms with E-state index in [4.69, 9.17) is 14.4 Å². The van der Waals surface area contributed by atoms with Crippen molar-refractivity contribution in [3.63, 3.8) is 0 Å². The number of hydrogen-bond acceptors (Lipinski definition) is 5. The maximum absolute atomic E-state index is 6.86. The van der Waals surface area contributed by atoms with E-state index < -0.39 is 0 Å². The lowest BCUT2D eigenvalue weighted by Gasteiger charge is -2.29. The van der Waals surface area contributed by atoms with Gasteiger partial charge in [0.15, 0.2) is 5.58 Å². The van der Waals surface area contributed by atoms with Crippen molar-refractivity contribution >= 4 is 179 Å². The van der Waals surface area contributed by atoms with Crippen molar-refractivity contribution < 1.29 is 4.42 Å². The van der Waals surface area contributed by atoms with Gasteiger partial charge in [-0.25, -0.2) is 4.98 Å². The highest BCUT2D eigenvalue weighted by molar-refractivity contribution is 7.28. The van der Waals surface area contributed by atoms with Gasteiger partial charge in [0.2, 0.25) is 0 Å². The molecule has 0 saturated heterocycles. The number of hydrogen-bond donors (Lipinski definition) is 0. The van der Waals surface area contributed by atoms with Gasteiger partial charge in [0.25, 0.3) is 0 Å². The smallest absolute Gasteiger partial charge is 0.159 e. The molecule has 0 N–H and O–H groups in total. The lowest BCUT2D eigenvalue weighted by atomic mass is 9.89. The summed E-state index contributed by atoms with van der Waals surface area (Å²) in [6.07, 6.45) is 1.87. The number of benzene rings is 14. The van der Waals surface area contributed by atoms with Crippen LogP contribution in [0.4, 0.5) is 17.1 Å². The Morgan fingerprint density at radius 3 is 1.70 bits per heavy atom. The van der Waals surface area contributed by atoms with Gasteiger partial charge in [-0.1, -0.05) is 206 Å². The fourth-order valence-corrected chi connectivity index (χ4v) is 15.9. The molecule has 0 unspecified atom stereocenters. The number of fused-ring (bicyclic) bond motifs is 25. The van der Waals surface area contributed by atoms with Gasteiger partial charge in [0, 0.05) is 85.9 Å². The predicted octanol–water partition coefficient (Wildman–Crippen LogP) is 22.2. The third-order valence-corrected chi connectivity index (χ3v) is 19.1. The molecule has 0 spiro atoms. The van der Waals surface area contributed by atoms with Crippen LogP contribution in [-0.2, 0) is 0 Å². The van der Waals surface area contributed by atoms with Crippen LogP contribution in [0, 0.1) is 0 Å². The van der Waals surface area contributed by atoms with Gasteiger partial charge in [-0.15, -0.1) is 11.3 Å². The van der Waals surface area contributed by atoms with Crippen molar-refractivity contribution in [2.75, 3.05) is 4.90 Å². The number of furan rings is 1. The molecule has 5 heterocycles. The van der Waals surface area contributed by atoms with Gasteiger partial charge in [-0.05, 0) is 109 Å². The summed E-state index contributed by atoms with van der Waals surface area (Å²) in [6.45, 7) is 0. The Labute approximate surface area is 483 Å². The molecule has 0 aliphatic heterocycles. The van der Waals surface area contributed by atoms with E-state index in [0.717, 1.165) is 105 Å². The van der Waals surface area contributed by atoms with Crippen LogP contribution in [0.3, 0.4) is 0 Å². The van der Waals surface area contributed by atoms with Gasteiger partial charge >= 0.3 is 0 Å². The Morgan fingerprint density at radius 2 is 0.952 bits per heavy atom. The summed E-state index contributed by atoms with van der Waals surface area (Å²) in [7, 11) is 0. The molecule has 0 saturated carbocycles. The van der Waals surface area contributed by atoms with Crippen LogP contribution in [-0.4, -0.2) is 14.5 Å². The summed E-state index contributed by atoms with van der Waals surface area (Å²) >= 11 is 1.94. The van der Waals surface area contributed by atoms with Crippen molar-refractivity contribution in [1.29, 1.82) is 0 Å². The Balaban J connectivity index is 0.951. The van der Waals surface area contributed by atoms with Crippen LogP contribution in [0.15, 0.2) is 271 Å². The van der Waals surface area contributed by atoms with Gasteiger partial charge in [0.1, 0.15) is 11.4 Å². The minimum Gasteiger partial charge on any atom is -0.454 e. The quantitative estimate of drug-likeness (QED) is 0.127. The SMILES string of the molecule is c1ccc(N(c2c3ccccc3c(-c3ccc4c(c3)c3c5sc6c(ccc7c8ccccc8c8ccccc8c76)c5c5ccccc5c3n4-c3ccc4ccc5cccnc5c4n3)c3ccccc23)c2cccc3c2oc2ccccc23)cc1. The maximum Gasteiger partial charge on any atom is 0.159 e. The summed E-state index contributed by atoms with van der Waals surface area (Å²) in [5.74, 6) is 0.850. The monoisotopic (exact) mass is 1080 g/mol. The van der Waals surface area contributed by atoms with E-state index >= 15 is 0 Å². The van der Waals surface area contributed by atoms with E-state index in [-0.39, 0.29) is 0 Å². The minimum absolute atomic E-state index is 0.849. The number of anilines is 3. The maximum atomic E-state index is 6.86. The molecular formula is C78H44N4OS. The first-order valence-electron chi connectivity index (χ1n) is 28.6. The highest BCUT2D eigenvalue weighted by atomic mass is 32.1. The molecule has 0 atom stereocenters. The van der Waals surface area contributed by atoms with Gasteiger partial charge in [0.05, 0.1) is 33.4 Å². The molecule has 0 fully saturated rings. The van der Waals surface area contributed by atoms with Crippen LogP contribution in [0.5, 0.6) is 0 Å². The zero-order chi connectivity index (χ0) is 54.7. The number of pyridine rings is 2. The Kier molecular flexibility index (Phi) is 9.43. The zero-order valence-corrected chi connectivity index (χ0v) is 45.8. The number of aromatic nitrogens is 3. The van der Waals surface area contributed by atoms with E-state index in [1.165, 1.54) is 79.6 Å². The van der Waals surface area contributed by atoms with Crippen LogP contribution in [0.2, 0.25) is 0 Å². The second-order valence-electron chi connectivity index (χ2n) is 22.2. The van der Waals surface area contributed by atoms with Crippen LogP contribution in [0.1, 0.15) is 0 Å². The first-order valence-corrected chi connectivity index (χ1v) is 29.4. The summed E-state index contributed by atoms with van der Waals surface area (Å²) in [5, 5.41) is 23.9. The van der Waals surface area contributed by atoms with Gasteiger partial charge < -0.3 is 9.32 Å². The topological polar surface area (TPSA) is 47.1 Å². The Bertz CT molecular complexity index is 5980. The van der Waals surface area contributed by atoms with E-state index in [9.17, 15) is 0 Å². The van der Waals surface area contributed by atoms with Crippen LogP contribution < -0.4 is 4.90 Å². The third-order valence-electron chi connectivity index (χ3n) is 17.9. The number of para-hydroxylation sites is 3. The van der Waals surface area contributed by atoms with Crippen molar-refractivity contribution in [3.8, 4) is 16.9 Å². The molecule has 19 rings (SSSR count). The zero-order valence-electron chi connectivity index (χ0n) is 45.0. The van der Waals surface area contributed by atoms with Crippen LogP contribution in [0.25, 0.3) is 167 Å². The second kappa shape index (κ2) is 17.3. The highest BCUT2D eigenvalue weighted by Crippen LogP contribution is 2.54. The first kappa shape index (κ1) is 45.8. The summed E-state index contributed by atoms with van der Waals surface area (Å²) in [5.41, 5.74) is 11.2. The van der Waals surface area contributed by atoms with Crippen molar-refractivity contribution in [2.24, 2.45) is 0 Å². The molecule has 5 aromatic heterocycles. The van der Waals surface area contributed by atoms with Gasteiger partial charge in [-0.2, -0.15) is 0 Å². The largest absolute Gasteiger partial charge is 0.454 e. The molecule has 6 heteroatoms. The molecule has 14 aromatic carbocycles. The fourth-order valence-electron chi connectivity index (χ4n) is 14.4. The Hall–Kier alpha value is -10.9. The standard InChI is InChI=1S/C78H44N4OS/c1-2-19-48(20-3-1)81(65-33-16-32-61-52-24-14-15-34-66(52)83-76(61)65)74-58-29-11-8-26-54(58)68(55-27-9-12-30-59(55)74)47-37-41-64-63(44-47)71-75(82(64)67-42-38-46-36-35-45-18-17-43-79-72(45)73(46)80-67)60-31-13-10-28-56(60)70-62-40-39-57-51-23-5-4-21-49(51)50-22-6-7-25-53(50)69(57)77(62)84-78(70)71/h1-44H. The van der Waals surface area contributed by atoms with E-state index in [1.807, 2.05) is 29.7 Å².